The Labute approximate surface area is 140 Å². The molecule has 0 radical (unpaired) electrons. The van der Waals surface area contributed by atoms with E-state index in [4.69, 9.17) is 11.6 Å². The summed E-state index contributed by atoms with van der Waals surface area (Å²) in [5.74, 6) is -1.41. The molecule has 2 heterocycles. The second-order valence-electron chi connectivity index (χ2n) is 5.16. The quantitative estimate of drug-likeness (QED) is 0.764. The standard InChI is InChI=1S/C14H12ClF3N2O3S/c1-20-5-4-9(6-12(20)21)7-24(22,23)8-10-2-3-11(15)19-13(10)14(16,17)18/h2-6H,7-8H2,1H3. The molecule has 0 unspecified atom stereocenters. The zero-order chi connectivity index (χ0) is 18.1. The van der Waals surface area contributed by atoms with Crippen LogP contribution in [0.2, 0.25) is 5.15 Å². The van der Waals surface area contributed by atoms with E-state index >= 15 is 0 Å². The van der Waals surface area contributed by atoms with E-state index in [-0.39, 0.29) is 10.7 Å². The lowest BCUT2D eigenvalue weighted by Gasteiger charge is -2.12. The van der Waals surface area contributed by atoms with E-state index < -0.39 is 44.3 Å². The second kappa shape index (κ2) is 6.56. The SMILES string of the molecule is Cn1ccc(CS(=O)(=O)Cc2ccc(Cl)nc2C(F)(F)F)cc1=O. The Bertz CT molecular complexity index is 924. The van der Waals surface area contributed by atoms with Crippen molar-refractivity contribution in [3.05, 3.63) is 62.8 Å². The lowest BCUT2D eigenvalue weighted by molar-refractivity contribution is -0.141. The van der Waals surface area contributed by atoms with Gasteiger partial charge in [-0.05, 0) is 23.3 Å². The number of pyridine rings is 2. The number of alkyl halides is 3. The maximum atomic E-state index is 13.0. The van der Waals surface area contributed by atoms with Gasteiger partial charge < -0.3 is 4.57 Å². The third kappa shape index (κ3) is 4.57. The highest BCUT2D eigenvalue weighted by atomic mass is 35.5. The molecule has 10 heteroatoms. The van der Waals surface area contributed by atoms with E-state index in [1.807, 2.05) is 0 Å². The Hall–Kier alpha value is -1.87. The summed E-state index contributed by atoms with van der Waals surface area (Å²) in [5, 5.41) is -0.380. The molecule has 0 spiro atoms. The number of halogens is 4. The van der Waals surface area contributed by atoms with Gasteiger partial charge in [0.2, 0.25) is 0 Å². The van der Waals surface area contributed by atoms with Crippen LogP contribution in [0.5, 0.6) is 0 Å². The highest BCUT2D eigenvalue weighted by molar-refractivity contribution is 7.89. The molecule has 0 aliphatic carbocycles. The summed E-state index contributed by atoms with van der Waals surface area (Å²) in [6, 6.07) is 4.63. The smallest absolute Gasteiger partial charge is 0.319 e. The van der Waals surface area contributed by atoms with Crippen molar-refractivity contribution in [2.75, 3.05) is 0 Å². The highest BCUT2D eigenvalue weighted by Crippen LogP contribution is 2.32. The molecular weight excluding hydrogens is 369 g/mol. The molecule has 24 heavy (non-hydrogen) atoms. The predicted octanol–water partition coefficient (Wildman–Crippen LogP) is 2.57. The van der Waals surface area contributed by atoms with Gasteiger partial charge in [0.15, 0.2) is 9.84 Å². The molecular formula is C14H12ClF3N2O3S. The molecule has 2 rings (SSSR count). The number of hydrogen-bond acceptors (Lipinski definition) is 4. The molecule has 0 aromatic carbocycles. The normalized spacial score (nSPS) is 12.4. The van der Waals surface area contributed by atoms with Crippen molar-refractivity contribution in [2.24, 2.45) is 7.05 Å². The first-order chi connectivity index (χ1) is 11.0. The van der Waals surface area contributed by atoms with Crippen LogP contribution in [0.3, 0.4) is 0 Å². The molecule has 0 aliphatic rings. The zero-order valence-corrected chi connectivity index (χ0v) is 13.9. The molecule has 0 N–H and O–H groups in total. The minimum atomic E-state index is -4.82. The maximum absolute atomic E-state index is 13.0. The Morgan fingerprint density at radius 2 is 1.88 bits per heavy atom. The van der Waals surface area contributed by atoms with E-state index in [1.165, 1.54) is 23.9 Å². The average Bonchev–Trinajstić information content (AvgIpc) is 2.43. The van der Waals surface area contributed by atoms with Gasteiger partial charge in [-0.25, -0.2) is 13.4 Å². The van der Waals surface area contributed by atoms with Crippen molar-refractivity contribution >= 4 is 21.4 Å². The lowest BCUT2D eigenvalue weighted by atomic mass is 10.2. The van der Waals surface area contributed by atoms with E-state index in [9.17, 15) is 26.4 Å². The van der Waals surface area contributed by atoms with Crippen molar-refractivity contribution in [1.29, 1.82) is 0 Å². The van der Waals surface area contributed by atoms with E-state index in [2.05, 4.69) is 4.98 Å². The van der Waals surface area contributed by atoms with Crippen molar-refractivity contribution in [1.82, 2.24) is 9.55 Å². The molecule has 0 fully saturated rings. The molecule has 2 aromatic heterocycles. The minimum Gasteiger partial charge on any atom is -0.319 e. The largest absolute Gasteiger partial charge is 0.433 e. The topological polar surface area (TPSA) is 69.0 Å². The van der Waals surface area contributed by atoms with Crippen LogP contribution in [0, 0.1) is 0 Å². The molecule has 0 saturated heterocycles. The number of rotatable bonds is 4. The molecule has 2 aromatic rings. The monoisotopic (exact) mass is 380 g/mol. The van der Waals surface area contributed by atoms with Gasteiger partial charge in [-0.2, -0.15) is 13.2 Å². The van der Waals surface area contributed by atoms with E-state index in [0.717, 1.165) is 18.2 Å². The van der Waals surface area contributed by atoms with Crippen LogP contribution in [-0.2, 0) is 34.6 Å². The summed E-state index contributed by atoms with van der Waals surface area (Å²) in [7, 11) is -2.45. The minimum absolute atomic E-state index is 0.202. The van der Waals surface area contributed by atoms with Gasteiger partial charge in [0.1, 0.15) is 10.8 Å². The molecule has 5 nitrogen and oxygen atoms in total. The fraction of sp³-hybridized carbons (Fsp3) is 0.286. The van der Waals surface area contributed by atoms with Gasteiger partial charge >= 0.3 is 6.18 Å². The first-order valence-electron chi connectivity index (χ1n) is 6.56. The van der Waals surface area contributed by atoms with Crippen molar-refractivity contribution < 1.29 is 21.6 Å². The van der Waals surface area contributed by atoms with Crippen LogP contribution < -0.4 is 5.56 Å². The summed E-state index contributed by atoms with van der Waals surface area (Å²) in [6.07, 6.45) is -3.43. The highest BCUT2D eigenvalue weighted by Gasteiger charge is 2.36. The first-order valence-corrected chi connectivity index (χ1v) is 8.76. The summed E-state index contributed by atoms with van der Waals surface area (Å²) in [6.45, 7) is 0. The molecule has 0 amide bonds. The molecule has 0 saturated carbocycles. The number of nitrogens with zero attached hydrogens (tertiary/aromatic N) is 2. The van der Waals surface area contributed by atoms with Gasteiger partial charge in [0.05, 0.1) is 11.5 Å². The summed E-state index contributed by atoms with van der Waals surface area (Å²) < 4.78 is 64.5. The Morgan fingerprint density at radius 1 is 1.21 bits per heavy atom. The Kier molecular flexibility index (Phi) is 5.05. The van der Waals surface area contributed by atoms with Gasteiger partial charge in [0, 0.05) is 19.3 Å². The number of sulfone groups is 1. The van der Waals surface area contributed by atoms with Crippen LogP contribution in [0.25, 0.3) is 0 Å². The van der Waals surface area contributed by atoms with Crippen molar-refractivity contribution in [3.8, 4) is 0 Å². The van der Waals surface area contributed by atoms with Crippen molar-refractivity contribution in [2.45, 2.75) is 17.7 Å². The first kappa shape index (κ1) is 18.5. The van der Waals surface area contributed by atoms with E-state index in [1.54, 1.807) is 0 Å². The van der Waals surface area contributed by atoms with Crippen LogP contribution in [-0.4, -0.2) is 18.0 Å². The summed E-state index contributed by atoms with van der Waals surface area (Å²) in [4.78, 5) is 14.7. The van der Waals surface area contributed by atoms with Gasteiger partial charge in [-0.3, -0.25) is 4.79 Å². The number of aryl methyl sites for hydroxylation is 1. The van der Waals surface area contributed by atoms with Gasteiger partial charge in [-0.15, -0.1) is 0 Å². The maximum Gasteiger partial charge on any atom is 0.433 e. The number of aromatic nitrogens is 2. The zero-order valence-electron chi connectivity index (χ0n) is 12.3. The summed E-state index contributed by atoms with van der Waals surface area (Å²) >= 11 is 5.46. The van der Waals surface area contributed by atoms with Crippen LogP contribution >= 0.6 is 11.6 Å². The third-order valence-electron chi connectivity index (χ3n) is 3.14. The molecule has 0 aliphatic heterocycles. The van der Waals surface area contributed by atoms with Gasteiger partial charge in [-0.1, -0.05) is 17.7 Å². The van der Waals surface area contributed by atoms with Crippen LogP contribution in [0.15, 0.2) is 35.3 Å². The fourth-order valence-electron chi connectivity index (χ4n) is 2.05. The van der Waals surface area contributed by atoms with Crippen molar-refractivity contribution in [3.63, 3.8) is 0 Å². The molecule has 0 bridgehead atoms. The summed E-state index contributed by atoms with van der Waals surface area (Å²) in [5.41, 5.74) is -2.03. The Morgan fingerprint density at radius 3 is 2.46 bits per heavy atom. The predicted molar refractivity (Wildman–Crippen MR) is 82.3 cm³/mol. The third-order valence-corrected chi connectivity index (χ3v) is 4.88. The lowest BCUT2D eigenvalue weighted by Crippen LogP contribution is -2.18. The number of hydrogen-bond donors (Lipinski definition) is 0. The average molecular weight is 381 g/mol. The fourth-order valence-corrected chi connectivity index (χ4v) is 3.69. The van der Waals surface area contributed by atoms with Crippen LogP contribution in [0.1, 0.15) is 16.8 Å². The van der Waals surface area contributed by atoms with E-state index in [0.29, 0.717) is 0 Å². The van der Waals surface area contributed by atoms with Gasteiger partial charge in [0.25, 0.3) is 5.56 Å². The Balaban J connectivity index is 2.33. The molecule has 0 atom stereocenters. The second-order valence-corrected chi connectivity index (χ2v) is 7.61. The van der Waals surface area contributed by atoms with Crippen LogP contribution in [0.4, 0.5) is 13.2 Å². The molecule has 130 valence electrons.